The second-order valence-corrected chi connectivity index (χ2v) is 5.17. The van der Waals surface area contributed by atoms with Gasteiger partial charge in [0.2, 0.25) is 5.76 Å². The molecular weight excluding hydrogens is 306 g/mol. The van der Waals surface area contributed by atoms with E-state index in [9.17, 15) is 4.79 Å². The van der Waals surface area contributed by atoms with Gasteiger partial charge in [-0.05, 0) is 34.8 Å². The molecule has 0 atom stereocenters. The summed E-state index contributed by atoms with van der Waals surface area (Å²) in [6.45, 7) is 0.875. The number of carbonyl (C=O) groups excluding carboxylic acids is 1. The summed E-state index contributed by atoms with van der Waals surface area (Å²) in [5, 5.41) is 6.54. The molecule has 0 unspecified atom stereocenters. The highest BCUT2D eigenvalue weighted by Crippen LogP contribution is 2.13. The lowest BCUT2D eigenvalue weighted by atomic mass is 10.2. The standard InChI is InChI=1S/C18H17N3O3/c22-18(20-11-8-14-6-9-19-10-7-14)16-12-17(21-24-16)23-13-15-4-2-1-3-5-15/h1-7,9-10,12H,8,11,13H2,(H,20,22). The van der Waals surface area contributed by atoms with E-state index in [0.717, 1.165) is 17.5 Å². The number of benzene rings is 1. The van der Waals surface area contributed by atoms with Crippen molar-refractivity contribution in [2.75, 3.05) is 6.54 Å². The van der Waals surface area contributed by atoms with Crippen molar-refractivity contribution in [3.05, 3.63) is 77.8 Å². The van der Waals surface area contributed by atoms with Crippen molar-refractivity contribution >= 4 is 5.91 Å². The third kappa shape index (κ3) is 4.42. The van der Waals surface area contributed by atoms with Crippen LogP contribution in [0.5, 0.6) is 5.88 Å². The van der Waals surface area contributed by atoms with Gasteiger partial charge >= 0.3 is 0 Å². The van der Waals surface area contributed by atoms with Gasteiger partial charge in [0.15, 0.2) is 0 Å². The van der Waals surface area contributed by atoms with Gasteiger partial charge in [0.05, 0.1) is 6.07 Å². The summed E-state index contributed by atoms with van der Waals surface area (Å²) in [6, 6.07) is 15.0. The molecule has 0 fully saturated rings. The number of pyridine rings is 1. The molecule has 2 aromatic heterocycles. The molecule has 1 N–H and O–H groups in total. The van der Waals surface area contributed by atoms with E-state index in [2.05, 4.69) is 15.5 Å². The Morgan fingerprint density at radius 1 is 1.08 bits per heavy atom. The summed E-state index contributed by atoms with van der Waals surface area (Å²) in [5.41, 5.74) is 2.12. The first-order chi connectivity index (χ1) is 11.8. The van der Waals surface area contributed by atoms with E-state index in [4.69, 9.17) is 9.26 Å². The Morgan fingerprint density at radius 2 is 1.88 bits per heavy atom. The third-order valence-corrected chi connectivity index (χ3v) is 3.39. The maximum atomic E-state index is 12.0. The number of rotatable bonds is 7. The average molecular weight is 323 g/mol. The van der Waals surface area contributed by atoms with Gasteiger partial charge < -0.3 is 14.6 Å². The zero-order valence-electron chi connectivity index (χ0n) is 13.0. The number of aromatic nitrogens is 2. The molecule has 0 saturated carbocycles. The van der Waals surface area contributed by atoms with Gasteiger partial charge in [0.25, 0.3) is 11.8 Å². The van der Waals surface area contributed by atoms with E-state index < -0.39 is 0 Å². The van der Waals surface area contributed by atoms with E-state index in [0.29, 0.717) is 13.2 Å². The fourth-order valence-corrected chi connectivity index (χ4v) is 2.12. The van der Waals surface area contributed by atoms with Crippen LogP contribution >= 0.6 is 0 Å². The molecule has 6 heteroatoms. The predicted octanol–water partition coefficient (Wildman–Crippen LogP) is 2.62. The van der Waals surface area contributed by atoms with E-state index in [1.165, 1.54) is 6.07 Å². The van der Waals surface area contributed by atoms with Crippen LogP contribution in [0, 0.1) is 0 Å². The average Bonchev–Trinajstić information content (AvgIpc) is 3.11. The fourth-order valence-electron chi connectivity index (χ4n) is 2.12. The number of nitrogens with zero attached hydrogens (tertiary/aromatic N) is 2. The second-order valence-electron chi connectivity index (χ2n) is 5.17. The molecule has 3 rings (SSSR count). The summed E-state index contributed by atoms with van der Waals surface area (Å²) < 4.78 is 10.5. The van der Waals surface area contributed by atoms with Gasteiger partial charge in [0, 0.05) is 18.9 Å². The first kappa shape index (κ1) is 15.7. The Morgan fingerprint density at radius 3 is 2.67 bits per heavy atom. The smallest absolute Gasteiger partial charge is 0.290 e. The summed E-state index contributed by atoms with van der Waals surface area (Å²) in [7, 11) is 0. The minimum absolute atomic E-state index is 0.132. The second kappa shape index (κ2) is 7.92. The molecule has 1 amide bonds. The van der Waals surface area contributed by atoms with E-state index in [1.54, 1.807) is 12.4 Å². The maximum Gasteiger partial charge on any atom is 0.290 e. The molecule has 0 radical (unpaired) electrons. The Labute approximate surface area is 139 Å². The molecule has 0 spiro atoms. The Hall–Kier alpha value is -3.15. The monoisotopic (exact) mass is 323 g/mol. The molecule has 0 aliphatic heterocycles. The molecule has 2 heterocycles. The van der Waals surface area contributed by atoms with Gasteiger partial charge in [-0.2, -0.15) is 0 Å². The molecule has 0 aliphatic carbocycles. The number of hydrogen-bond donors (Lipinski definition) is 1. The van der Waals surface area contributed by atoms with Crippen LogP contribution in [-0.4, -0.2) is 22.6 Å². The first-order valence-corrected chi connectivity index (χ1v) is 7.62. The third-order valence-electron chi connectivity index (χ3n) is 3.39. The summed E-state index contributed by atoms with van der Waals surface area (Å²) in [4.78, 5) is 16.0. The Balaban J connectivity index is 1.46. The summed E-state index contributed by atoms with van der Waals surface area (Å²) in [6.07, 6.45) is 4.17. The van der Waals surface area contributed by atoms with Crippen LogP contribution in [0.3, 0.4) is 0 Å². The first-order valence-electron chi connectivity index (χ1n) is 7.62. The van der Waals surface area contributed by atoms with Crippen molar-refractivity contribution < 1.29 is 14.1 Å². The SMILES string of the molecule is O=C(NCCc1ccncc1)c1cc(OCc2ccccc2)no1. The molecule has 24 heavy (non-hydrogen) atoms. The van der Waals surface area contributed by atoms with Crippen LogP contribution in [0.2, 0.25) is 0 Å². The summed E-state index contributed by atoms with van der Waals surface area (Å²) in [5.74, 6) is 0.108. The minimum atomic E-state index is -0.314. The van der Waals surface area contributed by atoms with Crippen LogP contribution in [0.25, 0.3) is 0 Å². The molecule has 6 nitrogen and oxygen atoms in total. The number of ether oxygens (including phenoxy) is 1. The molecule has 0 aliphatic rings. The zero-order chi connectivity index (χ0) is 16.6. The lowest BCUT2D eigenvalue weighted by Crippen LogP contribution is -2.25. The quantitative estimate of drug-likeness (QED) is 0.723. The number of hydrogen-bond acceptors (Lipinski definition) is 5. The topological polar surface area (TPSA) is 77.2 Å². The van der Waals surface area contributed by atoms with Crippen molar-refractivity contribution in [2.24, 2.45) is 0 Å². The van der Waals surface area contributed by atoms with E-state index in [-0.39, 0.29) is 17.5 Å². The number of nitrogens with one attached hydrogen (secondary N) is 1. The van der Waals surface area contributed by atoms with Crippen molar-refractivity contribution in [1.29, 1.82) is 0 Å². The lowest BCUT2D eigenvalue weighted by Gasteiger charge is -2.02. The fraction of sp³-hybridized carbons (Fsp3) is 0.167. The number of carbonyl (C=O) groups is 1. The van der Waals surface area contributed by atoms with Crippen LogP contribution in [-0.2, 0) is 13.0 Å². The summed E-state index contributed by atoms with van der Waals surface area (Å²) >= 11 is 0. The van der Waals surface area contributed by atoms with Crippen molar-refractivity contribution in [1.82, 2.24) is 15.5 Å². The van der Waals surface area contributed by atoms with Crippen molar-refractivity contribution in [3.8, 4) is 5.88 Å². The van der Waals surface area contributed by atoms with Gasteiger partial charge in [-0.1, -0.05) is 30.3 Å². The zero-order valence-corrected chi connectivity index (χ0v) is 13.0. The minimum Gasteiger partial charge on any atom is -0.471 e. The van der Waals surface area contributed by atoms with Crippen molar-refractivity contribution in [3.63, 3.8) is 0 Å². The maximum absolute atomic E-state index is 12.0. The van der Waals surface area contributed by atoms with Crippen molar-refractivity contribution in [2.45, 2.75) is 13.0 Å². The van der Waals surface area contributed by atoms with Gasteiger partial charge in [-0.3, -0.25) is 9.78 Å². The molecule has 1 aromatic carbocycles. The highest BCUT2D eigenvalue weighted by molar-refractivity contribution is 5.91. The van der Waals surface area contributed by atoms with E-state index in [1.807, 2.05) is 42.5 Å². The molecule has 3 aromatic rings. The normalized spacial score (nSPS) is 10.3. The van der Waals surface area contributed by atoms with Crippen LogP contribution in [0.15, 0.2) is 65.4 Å². The van der Waals surface area contributed by atoms with Crippen LogP contribution in [0.4, 0.5) is 0 Å². The highest BCUT2D eigenvalue weighted by Gasteiger charge is 2.13. The van der Waals surface area contributed by atoms with Crippen LogP contribution < -0.4 is 10.1 Å². The van der Waals surface area contributed by atoms with E-state index >= 15 is 0 Å². The van der Waals surface area contributed by atoms with Gasteiger partial charge in [-0.25, -0.2) is 0 Å². The van der Waals surface area contributed by atoms with Gasteiger partial charge in [-0.15, -0.1) is 0 Å². The van der Waals surface area contributed by atoms with Gasteiger partial charge in [0.1, 0.15) is 6.61 Å². The molecule has 0 bridgehead atoms. The predicted molar refractivity (Wildman–Crippen MR) is 87.6 cm³/mol. The Kier molecular flexibility index (Phi) is 5.19. The molecule has 0 saturated heterocycles. The highest BCUT2D eigenvalue weighted by atomic mass is 16.5. The van der Waals surface area contributed by atoms with Crippen LogP contribution in [0.1, 0.15) is 21.7 Å². The molecule has 122 valence electrons. The number of amides is 1. The Bertz CT molecular complexity index is 772. The molecular formula is C18H17N3O3. The lowest BCUT2D eigenvalue weighted by molar-refractivity contribution is 0.0917. The largest absolute Gasteiger partial charge is 0.471 e.